The van der Waals surface area contributed by atoms with Gasteiger partial charge in [0.05, 0.1) is 24.1 Å². The first-order valence-corrected chi connectivity index (χ1v) is 9.58. The number of hydrogen-bond donors (Lipinski definition) is 2. The Morgan fingerprint density at radius 3 is 2.83 bits per heavy atom. The first-order valence-electron chi connectivity index (χ1n) is 9.58. The topological polar surface area (TPSA) is 91.4 Å². The third-order valence-corrected chi connectivity index (χ3v) is 4.92. The minimum atomic E-state index is -0.675. The lowest BCUT2D eigenvalue weighted by atomic mass is 10.1. The van der Waals surface area contributed by atoms with Crippen LogP contribution in [0.2, 0.25) is 0 Å². The minimum Gasteiger partial charge on any atom is -0.454 e. The molecule has 29 heavy (non-hydrogen) atoms. The Kier molecular flexibility index (Phi) is 5.48. The van der Waals surface area contributed by atoms with E-state index in [1.54, 1.807) is 6.33 Å². The molecule has 3 N–H and O–H groups in total. The quantitative estimate of drug-likeness (QED) is 0.644. The number of nitrogens with two attached hydrogens (primary N) is 1. The Morgan fingerprint density at radius 1 is 1.21 bits per heavy atom. The number of benzene rings is 2. The Labute approximate surface area is 169 Å². The third kappa shape index (κ3) is 4.57. The summed E-state index contributed by atoms with van der Waals surface area (Å²) in [5, 5.41) is 2.96. The van der Waals surface area contributed by atoms with Crippen molar-refractivity contribution in [2.45, 2.75) is 32.0 Å². The van der Waals surface area contributed by atoms with Crippen LogP contribution in [0.4, 0.5) is 0 Å². The van der Waals surface area contributed by atoms with E-state index in [-0.39, 0.29) is 18.7 Å². The van der Waals surface area contributed by atoms with Crippen molar-refractivity contribution in [3.8, 4) is 11.5 Å². The molecule has 1 aliphatic heterocycles. The zero-order chi connectivity index (χ0) is 20.2. The van der Waals surface area contributed by atoms with Gasteiger partial charge in [-0.1, -0.05) is 36.4 Å². The van der Waals surface area contributed by atoms with Crippen LogP contribution in [0.25, 0.3) is 0 Å². The summed E-state index contributed by atoms with van der Waals surface area (Å²) >= 11 is 0. The summed E-state index contributed by atoms with van der Waals surface area (Å²) in [6.07, 6.45) is 4.07. The average Bonchev–Trinajstić information content (AvgIpc) is 3.37. The molecule has 150 valence electrons. The van der Waals surface area contributed by atoms with Crippen LogP contribution in [0, 0.1) is 0 Å². The highest BCUT2D eigenvalue weighted by Gasteiger charge is 2.20. The summed E-state index contributed by atoms with van der Waals surface area (Å²) in [6.45, 7) is 2.87. The van der Waals surface area contributed by atoms with Gasteiger partial charge in [-0.3, -0.25) is 4.79 Å². The summed E-state index contributed by atoms with van der Waals surface area (Å²) in [7, 11) is 0. The second-order valence-electron chi connectivity index (χ2n) is 7.18. The van der Waals surface area contributed by atoms with Crippen molar-refractivity contribution >= 4 is 5.91 Å². The number of carbonyl (C=O) groups is 1. The van der Waals surface area contributed by atoms with E-state index in [9.17, 15) is 4.79 Å². The molecule has 7 heteroatoms. The summed E-state index contributed by atoms with van der Waals surface area (Å²) in [4.78, 5) is 16.9. The van der Waals surface area contributed by atoms with Crippen molar-refractivity contribution in [3.05, 3.63) is 77.9 Å². The lowest BCUT2D eigenvalue weighted by Gasteiger charge is -2.17. The van der Waals surface area contributed by atoms with Crippen molar-refractivity contribution in [1.29, 1.82) is 0 Å². The van der Waals surface area contributed by atoms with Gasteiger partial charge in [0.25, 0.3) is 0 Å². The van der Waals surface area contributed by atoms with Crippen molar-refractivity contribution in [3.63, 3.8) is 0 Å². The molecule has 0 aliphatic carbocycles. The molecule has 0 spiro atoms. The van der Waals surface area contributed by atoms with Gasteiger partial charge in [-0.25, -0.2) is 4.98 Å². The highest BCUT2D eigenvalue weighted by molar-refractivity contribution is 5.82. The number of carbonyl (C=O) groups excluding carboxylic acids is 1. The zero-order valence-electron chi connectivity index (χ0n) is 16.2. The maximum atomic E-state index is 12.5. The molecule has 1 aliphatic rings. The van der Waals surface area contributed by atoms with Gasteiger partial charge in [-0.15, -0.1) is 0 Å². The van der Waals surface area contributed by atoms with Crippen molar-refractivity contribution in [1.82, 2.24) is 14.9 Å². The predicted octanol–water partition coefficient (Wildman–Crippen LogP) is 2.41. The number of aromatic nitrogens is 2. The van der Waals surface area contributed by atoms with E-state index in [0.29, 0.717) is 12.2 Å². The highest BCUT2D eigenvalue weighted by Crippen LogP contribution is 2.34. The maximum Gasteiger partial charge on any atom is 0.237 e. The lowest BCUT2D eigenvalue weighted by molar-refractivity contribution is -0.123. The molecule has 0 saturated heterocycles. The Bertz CT molecular complexity index is 987. The van der Waals surface area contributed by atoms with Crippen molar-refractivity contribution in [2.24, 2.45) is 5.73 Å². The van der Waals surface area contributed by atoms with Gasteiger partial charge in [-0.2, -0.15) is 0 Å². The second-order valence-corrected chi connectivity index (χ2v) is 7.18. The van der Waals surface area contributed by atoms with E-state index in [1.807, 2.05) is 54.1 Å². The molecule has 2 heterocycles. The first kappa shape index (κ1) is 19.0. The number of nitrogens with one attached hydrogen (secondary N) is 1. The molecule has 2 atom stereocenters. The summed E-state index contributed by atoms with van der Waals surface area (Å²) in [5.74, 6) is 1.19. The maximum absolute atomic E-state index is 12.5. The fraction of sp³-hybridized carbons (Fsp3) is 0.273. The predicted molar refractivity (Wildman–Crippen MR) is 109 cm³/mol. The number of hydrogen-bond acceptors (Lipinski definition) is 5. The largest absolute Gasteiger partial charge is 0.454 e. The van der Waals surface area contributed by atoms with Crippen molar-refractivity contribution in [2.75, 3.05) is 6.79 Å². The second kappa shape index (κ2) is 8.36. The molecule has 2 aromatic carbocycles. The number of amides is 1. The van der Waals surface area contributed by atoms with Gasteiger partial charge in [0.1, 0.15) is 0 Å². The van der Waals surface area contributed by atoms with Crippen LogP contribution in [-0.2, 0) is 17.8 Å². The molecule has 0 bridgehead atoms. The summed E-state index contributed by atoms with van der Waals surface area (Å²) in [6, 6.07) is 14.9. The molecule has 4 rings (SSSR count). The van der Waals surface area contributed by atoms with Crippen LogP contribution in [0.5, 0.6) is 11.5 Å². The molecule has 0 saturated carbocycles. The first-order chi connectivity index (χ1) is 14.1. The standard InChI is InChI=1S/C22H24N4O3/c1-15(17-7-8-20-21(9-17)29-14-28-20)25-22(27)19(23)10-18-12-26(13-24-18)11-16-5-3-2-4-6-16/h2-9,12-13,15,19H,10-11,14,23H2,1H3,(H,25,27)/t15?,19-/m0/s1. The molecule has 0 radical (unpaired) electrons. The van der Waals surface area contributed by atoms with Gasteiger partial charge in [0, 0.05) is 19.2 Å². The van der Waals surface area contributed by atoms with Crippen LogP contribution in [0.1, 0.15) is 29.8 Å². The van der Waals surface area contributed by atoms with E-state index in [0.717, 1.165) is 23.6 Å². The van der Waals surface area contributed by atoms with E-state index < -0.39 is 6.04 Å². The van der Waals surface area contributed by atoms with Crippen LogP contribution < -0.4 is 20.5 Å². The summed E-state index contributed by atoms with van der Waals surface area (Å²) < 4.78 is 12.7. The number of nitrogens with zero attached hydrogens (tertiary/aromatic N) is 2. The molecule has 7 nitrogen and oxygen atoms in total. The monoisotopic (exact) mass is 392 g/mol. The van der Waals surface area contributed by atoms with Gasteiger partial charge < -0.3 is 25.1 Å². The molecule has 1 aromatic heterocycles. The smallest absolute Gasteiger partial charge is 0.237 e. The van der Waals surface area contributed by atoms with Crippen LogP contribution >= 0.6 is 0 Å². The number of rotatable bonds is 7. The van der Waals surface area contributed by atoms with Gasteiger partial charge >= 0.3 is 0 Å². The molecule has 3 aromatic rings. The number of fused-ring (bicyclic) bond motifs is 1. The summed E-state index contributed by atoms with van der Waals surface area (Å²) in [5.41, 5.74) is 9.04. The molecular formula is C22H24N4O3. The van der Waals surface area contributed by atoms with Gasteiger partial charge in [0.15, 0.2) is 11.5 Å². The average molecular weight is 392 g/mol. The van der Waals surface area contributed by atoms with Gasteiger partial charge in [-0.05, 0) is 30.2 Å². The van der Waals surface area contributed by atoms with E-state index in [2.05, 4.69) is 22.4 Å². The van der Waals surface area contributed by atoms with E-state index in [4.69, 9.17) is 15.2 Å². The fourth-order valence-corrected chi connectivity index (χ4v) is 3.30. The SMILES string of the molecule is CC(NC(=O)[C@@H](N)Cc1cn(Cc2ccccc2)cn1)c1ccc2c(c1)OCO2. The third-order valence-electron chi connectivity index (χ3n) is 4.92. The number of ether oxygens (including phenoxy) is 2. The Hall–Kier alpha value is -3.32. The van der Waals surface area contributed by atoms with E-state index >= 15 is 0 Å². The zero-order valence-corrected chi connectivity index (χ0v) is 16.2. The minimum absolute atomic E-state index is 0.196. The highest BCUT2D eigenvalue weighted by atomic mass is 16.7. The lowest BCUT2D eigenvalue weighted by Crippen LogP contribution is -2.43. The molecule has 0 fully saturated rings. The number of imidazole rings is 1. The fourth-order valence-electron chi connectivity index (χ4n) is 3.30. The van der Waals surface area contributed by atoms with Crippen molar-refractivity contribution < 1.29 is 14.3 Å². The molecule has 1 amide bonds. The molecular weight excluding hydrogens is 368 g/mol. The van der Waals surface area contributed by atoms with Crippen LogP contribution in [0.15, 0.2) is 61.1 Å². The van der Waals surface area contributed by atoms with Gasteiger partial charge in [0.2, 0.25) is 12.7 Å². The Balaban J connectivity index is 1.32. The Morgan fingerprint density at radius 2 is 2.00 bits per heavy atom. The van der Waals surface area contributed by atoms with Crippen LogP contribution in [-0.4, -0.2) is 28.3 Å². The van der Waals surface area contributed by atoms with E-state index in [1.165, 1.54) is 5.56 Å². The molecule has 1 unspecified atom stereocenters. The van der Waals surface area contributed by atoms with Crippen LogP contribution in [0.3, 0.4) is 0 Å². The normalized spacial score (nSPS) is 14.4.